The Bertz CT molecular complexity index is 191. The predicted molar refractivity (Wildman–Crippen MR) is 69.7 cm³/mol. The third kappa shape index (κ3) is 5.31. The Labute approximate surface area is 101 Å². The summed E-state index contributed by atoms with van der Waals surface area (Å²) < 4.78 is 5.93. The monoisotopic (exact) mass is 227 g/mol. The highest BCUT2D eigenvalue weighted by molar-refractivity contribution is 4.75. The van der Waals surface area contributed by atoms with Crippen molar-refractivity contribution < 1.29 is 4.74 Å². The van der Waals surface area contributed by atoms with E-state index >= 15 is 0 Å². The van der Waals surface area contributed by atoms with Crippen molar-refractivity contribution in [3.63, 3.8) is 0 Å². The quantitative estimate of drug-likeness (QED) is 0.703. The van der Waals surface area contributed by atoms with Crippen molar-refractivity contribution >= 4 is 0 Å². The van der Waals surface area contributed by atoms with Crippen molar-refractivity contribution in [1.82, 2.24) is 5.32 Å². The Hall–Kier alpha value is -0.0800. The van der Waals surface area contributed by atoms with E-state index in [-0.39, 0.29) is 5.54 Å². The zero-order valence-electron chi connectivity index (χ0n) is 11.5. The molecule has 1 aliphatic rings. The lowest BCUT2D eigenvalue weighted by Crippen LogP contribution is -2.41. The summed E-state index contributed by atoms with van der Waals surface area (Å²) >= 11 is 0. The van der Waals surface area contributed by atoms with Crippen LogP contribution < -0.4 is 5.32 Å². The van der Waals surface area contributed by atoms with Gasteiger partial charge in [-0.2, -0.15) is 0 Å². The van der Waals surface area contributed by atoms with Crippen molar-refractivity contribution in [3.8, 4) is 0 Å². The molecule has 0 amide bonds. The molecule has 0 saturated heterocycles. The van der Waals surface area contributed by atoms with Gasteiger partial charge < -0.3 is 10.1 Å². The second kappa shape index (κ2) is 6.61. The van der Waals surface area contributed by atoms with Crippen LogP contribution in [0.1, 0.15) is 59.8 Å². The van der Waals surface area contributed by atoms with E-state index in [0.717, 1.165) is 25.5 Å². The molecular formula is C14H29NO. The van der Waals surface area contributed by atoms with Gasteiger partial charge in [0.1, 0.15) is 0 Å². The fourth-order valence-electron chi connectivity index (χ4n) is 2.27. The highest BCUT2D eigenvalue weighted by atomic mass is 16.5. The summed E-state index contributed by atoms with van der Waals surface area (Å²) in [7, 11) is 0. The second-order valence-corrected chi connectivity index (χ2v) is 5.93. The molecule has 1 saturated carbocycles. The number of nitrogens with one attached hydrogen (secondary N) is 1. The first-order valence-corrected chi connectivity index (χ1v) is 6.90. The highest BCUT2D eigenvalue weighted by Crippen LogP contribution is 2.25. The van der Waals surface area contributed by atoms with Crippen molar-refractivity contribution in [2.75, 3.05) is 13.2 Å². The fourth-order valence-corrected chi connectivity index (χ4v) is 2.27. The van der Waals surface area contributed by atoms with Gasteiger partial charge in [0.2, 0.25) is 0 Å². The predicted octanol–water partition coefficient (Wildman–Crippen LogP) is 3.36. The van der Waals surface area contributed by atoms with Crippen molar-refractivity contribution in [1.29, 1.82) is 0 Å². The van der Waals surface area contributed by atoms with Gasteiger partial charge in [-0.1, -0.05) is 26.7 Å². The summed E-state index contributed by atoms with van der Waals surface area (Å²) in [5.41, 5.74) is 0.253. The molecule has 2 unspecified atom stereocenters. The van der Waals surface area contributed by atoms with Crippen molar-refractivity contribution in [3.05, 3.63) is 0 Å². The second-order valence-electron chi connectivity index (χ2n) is 5.93. The van der Waals surface area contributed by atoms with Crippen LogP contribution in [0.5, 0.6) is 0 Å². The highest BCUT2D eigenvalue weighted by Gasteiger charge is 2.19. The van der Waals surface area contributed by atoms with Crippen LogP contribution >= 0.6 is 0 Å². The van der Waals surface area contributed by atoms with E-state index in [9.17, 15) is 0 Å². The molecule has 2 heteroatoms. The van der Waals surface area contributed by atoms with Crippen LogP contribution in [-0.4, -0.2) is 24.8 Å². The Morgan fingerprint density at radius 2 is 2.06 bits per heavy atom. The molecule has 0 radical (unpaired) electrons. The van der Waals surface area contributed by atoms with E-state index in [4.69, 9.17) is 4.74 Å². The molecule has 0 heterocycles. The third-order valence-corrected chi connectivity index (χ3v) is 3.83. The van der Waals surface area contributed by atoms with Gasteiger partial charge in [-0.05, 0) is 39.0 Å². The first-order chi connectivity index (χ1) is 7.53. The maximum atomic E-state index is 5.93. The molecule has 1 N–H and O–H groups in total. The smallest absolute Gasteiger partial charge is 0.0594 e. The van der Waals surface area contributed by atoms with Crippen molar-refractivity contribution in [2.24, 2.45) is 5.92 Å². The first-order valence-electron chi connectivity index (χ1n) is 6.90. The number of ether oxygens (including phenoxy) is 1. The van der Waals surface area contributed by atoms with E-state index in [1.165, 1.54) is 25.7 Å². The summed E-state index contributed by atoms with van der Waals surface area (Å²) in [5, 5.41) is 3.53. The van der Waals surface area contributed by atoms with Crippen LogP contribution in [0.15, 0.2) is 0 Å². The SMILES string of the molecule is CCC(C)(C)NCCOC1CCCC(C)C1. The van der Waals surface area contributed by atoms with Crippen LogP contribution in [0.25, 0.3) is 0 Å². The zero-order valence-corrected chi connectivity index (χ0v) is 11.5. The Balaban J connectivity index is 2.06. The molecule has 0 aliphatic heterocycles. The molecule has 0 bridgehead atoms. The number of hydrogen-bond acceptors (Lipinski definition) is 2. The molecule has 1 fully saturated rings. The van der Waals surface area contributed by atoms with Crippen molar-refractivity contribution in [2.45, 2.75) is 71.4 Å². The zero-order chi connectivity index (χ0) is 12.0. The number of hydrogen-bond donors (Lipinski definition) is 1. The lowest BCUT2D eigenvalue weighted by molar-refractivity contribution is 0.0153. The Morgan fingerprint density at radius 3 is 2.69 bits per heavy atom. The molecule has 0 spiro atoms. The summed E-state index contributed by atoms with van der Waals surface area (Å²) in [6.07, 6.45) is 6.95. The summed E-state index contributed by atoms with van der Waals surface area (Å²) in [5.74, 6) is 0.860. The lowest BCUT2D eigenvalue weighted by atomic mass is 9.89. The van der Waals surface area contributed by atoms with Gasteiger partial charge in [0.15, 0.2) is 0 Å². The molecule has 0 aromatic rings. The van der Waals surface area contributed by atoms with Crippen LogP contribution in [0.3, 0.4) is 0 Å². The molecule has 1 rings (SSSR count). The van der Waals surface area contributed by atoms with Crippen LogP contribution in [0.4, 0.5) is 0 Å². The summed E-state index contributed by atoms with van der Waals surface area (Å²) in [6, 6.07) is 0. The third-order valence-electron chi connectivity index (χ3n) is 3.83. The van der Waals surface area contributed by atoms with Gasteiger partial charge in [0.25, 0.3) is 0 Å². The van der Waals surface area contributed by atoms with Gasteiger partial charge in [-0.3, -0.25) is 0 Å². The molecule has 2 nitrogen and oxygen atoms in total. The van der Waals surface area contributed by atoms with E-state index in [2.05, 4.69) is 33.0 Å². The Kier molecular flexibility index (Phi) is 5.77. The summed E-state index contributed by atoms with van der Waals surface area (Å²) in [4.78, 5) is 0. The van der Waals surface area contributed by atoms with Gasteiger partial charge in [-0.25, -0.2) is 0 Å². The van der Waals surface area contributed by atoms with E-state index in [0.29, 0.717) is 6.10 Å². The average molecular weight is 227 g/mol. The molecule has 0 aromatic carbocycles. The average Bonchev–Trinajstić information content (AvgIpc) is 2.25. The minimum atomic E-state index is 0.253. The van der Waals surface area contributed by atoms with Gasteiger partial charge >= 0.3 is 0 Å². The molecule has 0 aromatic heterocycles. The maximum absolute atomic E-state index is 5.93. The van der Waals surface area contributed by atoms with Crippen LogP contribution in [-0.2, 0) is 4.74 Å². The maximum Gasteiger partial charge on any atom is 0.0594 e. The van der Waals surface area contributed by atoms with Gasteiger partial charge in [0, 0.05) is 12.1 Å². The lowest BCUT2D eigenvalue weighted by Gasteiger charge is -2.28. The summed E-state index contributed by atoms with van der Waals surface area (Å²) in [6.45, 7) is 10.9. The van der Waals surface area contributed by atoms with E-state index in [1.807, 2.05) is 0 Å². The van der Waals surface area contributed by atoms with E-state index < -0.39 is 0 Å². The van der Waals surface area contributed by atoms with Gasteiger partial charge in [-0.15, -0.1) is 0 Å². The van der Waals surface area contributed by atoms with Crippen LogP contribution in [0.2, 0.25) is 0 Å². The Morgan fingerprint density at radius 1 is 1.31 bits per heavy atom. The minimum Gasteiger partial charge on any atom is -0.377 e. The minimum absolute atomic E-state index is 0.253. The number of rotatable bonds is 6. The first kappa shape index (κ1) is 14.0. The fraction of sp³-hybridized carbons (Fsp3) is 1.00. The normalized spacial score (nSPS) is 27.0. The molecule has 96 valence electrons. The van der Waals surface area contributed by atoms with Crippen LogP contribution in [0, 0.1) is 5.92 Å². The van der Waals surface area contributed by atoms with Gasteiger partial charge in [0.05, 0.1) is 12.7 Å². The largest absolute Gasteiger partial charge is 0.377 e. The van der Waals surface area contributed by atoms with E-state index in [1.54, 1.807) is 0 Å². The molecular weight excluding hydrogens is 198 g/mol. The standard InChI is InChI=1S/C14H29NO/c1-5-14(3,4)15-9-10-16-13-8-6-7-12(2)11-13/h12-13,15H,5-11H2,1-4H3. The molecule has 2 atom stereocenters. The molecule has 1 aliphatic carbocycles. The molecule has 16 heavy (non-hydrogen) atoms. The topological polar surface area (TPSA) is 21.3 Å².